The number of nitrogens with one attached hydrogen (secondary N) is 1. The zero-order chi connectivity index (χ0) is 14.7. The molecular formula is C14H22N4O2. The molecule has 1 fully saturated rings. The highest BCUT2D eigenvalue weighted by Gasteiger charge is 2.25. The molecule has 20 heavy (non-hydrogen) atoms. The average molecular weight is 278 g/mol. The lowest BCUT2D eigenvalue weighted by Crippen LogP contribution is -2.35. The SMILES string of the molecule is CC(C)n1ccnc(NC2CCC(C(N)=O)CC2)c1=O. The van der Waals surface area contributed by atoms with E-state index in [1.165, 1.54) is 0 Å². The Balaban J connectivity index is 2.03. The van der Waals surface area contributed by atoms with E-state index in [0.29, 0.717) is 5.82 Å². The summed E-state index contributed by atoms with van der Waals surface area (Å²) in [7, 11) is 0. The minimum atomic E-state index is -0.219. The largest absolute Gasteiger partial charge is 0.369 e. The first-order chi connectivity index (χ1) is 9.49. The van der Waals surface area contributed by atoms with Crippen LogP contribution < -0.4 is 16.6 Å². The number of hydrogen-bond acceptors (Lipinski definition) is 4. The molecule has 0 atom stereocenters. The molecule has 6 heteroatoms. The number of nitrogens with two attached hydrogens (primary N) is 1. The molecule has 1 aliphatic rings. The number of anilines is 1. The monoisotopic (exact) mass is 278 g/mol. The molecule has 1 saturated carbocycles. The fourth-order valence-corrected chi connectivity index (χ4v) is 2.65. The number of aromatic nitrogens is 2. The van der Waals surface area contributed by atoms with Gasteiger partial charge in [0, 0.05) is 30.4 Å². The summed E-state index contributed by atoms with van der Waals surface area (Å²) in [5.41, 5.74) is 5.22. The number of rotatable bonds is 4. The quantitative estimate of drug-likeness (QED) is 0.868. The molecule has 1 aromatic heterocycles. The van der Waals surface area contributed by atoms with E-state index in [4.69, 9.17) is 5.73 Å². The summed E-state index contributed by atoms with van der Waals surface area (Å²) in [6.07, 6.45) is 6.56. The molecule has 0 unspecified atom stereocenters. The minimum absolute atomic E-state index is 0.0240. The third-order valence-electron chi connectivity index (χ3n) is 3.89. The van der Waals surface area contributed by atoms with Crippen LogP contribution in [0, 0.1) is 5.92 Å². The molecule has 0 spiro atoms. The van der Waals surface area contributed by atoms with Crippen molar-refractivity contribution in [3.05, 3.63) is 22.7 Å². The van der Waals surface area contributed by atoms with Crippen LogP contribution >= 0.6 is 0 Å². The second-order valence-electron chi connectivity index (χ2n) is 5.68. The zero-order valence-corrected chi connectivity index (χ0v) is 12.0. The Morgan fingerprint density at radius 2 is 2.05 bits per heavy atom. The molecular weight excluding hydrogens is 256 g/mol. The van der Waals surface area contributed by atoms with E-state index < -0.39 is 0 Å². The first-order valence-corrected chi connectivity index (χ1v) is 7.12. The van der Waals surface area contributed by atoms with Crippen LogP contribution in [0.3, 0.4) is 0 Å². The van der Waals surface area contributed by atoms with Crippen LogP contribution in [0.5, 0.6) is 0 Å². The Labute approximate surface area is 118 Å². The summed E-state index contributed by atoms with van der Waals surface area (Å²) in [5, 5.41) is 3.21. The number of primary amides is 1. The number of carbonyl (C=O) groups is 1. The van der Waals surface area contributed by atoms with Gasteiger partial charge in [0.15, 0.2) is 5.82 Å². The molecule has 110 valence electrons. The maximum Gasteiger partial charge on any atom is 0.293 e. The Morgan fingerprint density at radius 1 is 1.40 bits per heavy atom. The van der Waals surface area contributed by atoms with Crippen molar-refractivity contribution in [3.63, 3.8) is 0 Å². The topological polar surface area (TPSA) is 90.0 Å². The van der Waals surface area contributed by atoms with Crippen molar-refractivity contribution >= 4 is 11.7 Å². The van der Waals surface area contributed by atoms with Gasteiger partial charge in [0.05, 0.1) is 0 Å². The van der Waals surface area contributed by atoms with Crippen LogP contribution in [0.15, 0.2) is 17.2 Å². The van der Waals surface area contributed by atoms with Crippen molar-refractivity contribution < 1.29 is 4.79 Å². The average Bonchev–Trinajstić information content (AvgIpc) is 2.41. The first-order valence-electron chi connectivity index (χ1n) is 7.12. The van der Waals surface area contributed by atoms with Gasteiger partial charge >= 0.3 is 0 Å². The van der Waals surface area contributed by atoms with Gasteiger partial charge in [-0.3, -0.25) is 9.59 Å². The van der Waals surface area contributed by atoms with E-state index in [0.717, 1.165) is 25.7 Å². The highest BCUT2D eigenvalue weighted by atomic mass is 16.1. The van der Waals surface area contributed by atoms with E-state index in [-0.39, 0.29) is 29.5 Å². The predicted molar refractivity (Wildman–Crippen MR) is 77.4 cm³/mol. The number of amides is 1. The lowest BCUT2D eigenvalue weighted by atomic mass is 9.85. The van der Waals surface area contributed by atoms with Gasteiger partial charge in [-0.2, -0.15) is 0 Å². The summed E-state index contributed by atoms with van der Waals surface area (Å²) in [4.78, 5) is 27.5. The van der Waals surface area contributed by atoms with Gasteiger partial charge in [-0.15, -0.1) is 0 Å². The number of nitrogens with zero attached hydrogens (tertiary/aromatic N) is 2. The molecule has 1 heterocycles. The van der Waals surface area contributed by atoms with Crippen molar-refractivity contribution in [2.75, 3.05) is 5.32 Å². The third-order valence-corrected chi connectivity index (χ3v) is 3.89. The second kappa shape index (κ2) is 6.07. The summed E-state index contributed by atoms with van der Waals surface area (Å²) >= 11 is 0. The second-order valence-corrected chi connectivity index (χ2v) is 5.68. The summed E-state index contributed by atoms with van der Waals surface area (Å²) in [6.45, 7) is 3.92. The molecule has 3 N–H and O–H groups in total. The Morgan fingerprint density at radius 3 is 2.60 bits per heavy atom. The first kappa shape index (κ1) is 14.6. The van der Waals surface area contributed by atoms with Crippen LogP contribution in [-0.2, 0) is 4.79 Å². The third kappa shape index (κ3) is 3.18. The van der Waals surface area contributed by atoms with Crippen LogP contribution in [0.4, 0.5) is 5.82 Å². The molecule has 0 aliphatic heterocycles. The van der Waals surface area contributed by atoms with E-state index >= 15 is 0 Å². The summed E-state index contributed by atoms with van der Waals surface area (Å²) in [6, 6.07) is 0.297. The number of carbonyl (C=O) groups excluding carboxylic acids is 1. The maximum absolute atomic E-state index is 12.2. The minimum Gasteiger partial charge on any atom is -0.369 e. The van der Waals surface area contributed by atoms with Gasteiger partial charge in [0.1, 0.15) is 0 Å². The van der Waals surface area contributed by atoms with Crippen molar-refractivity contribution in [2.45, 2.75) is 51.6 Å². The van der Waals surface area contributed by atoms with Gasteiger partial charge < -0.3 is 15.6 Å². The fourth-order valence-electron chi connectivity index (χ4n) is 2.65. The van der Waals surface area contributed by atoms with Crippen molar-refractivity contribution in [1.82, 2.24) is 9.55 Å². The van der Waals surface area contributed by atoms with E-state index in [1.807, 2.05) is 13.8 Å². The van der Waals surface area contributed by atoms with E-state index in [1.54, 1.807) is 17.0 Å². The molecule has 0 radical (unpaired) electrons. The summed E-state index contributed by atoms with van der Waals surface area (Å²) in [5.74, 6) is 0.149. The molecule has 2 rings (SSSR count). The Hall–Kier alpha value is -1.85. The fraction of sp³-hybridized carbons (Fsp3) is 0.643. The Kier molecular flexibility index (Phi) is 4.42. The molecule has 0 saturated heterocycles. The van der Waals surface area contributed by atoms with Crippen LogP contribution in [0.2, 0.25) is 0 Å². The van der Waals surface area contributed by atoms with Crippen LogP contribution in [0.25, 0.3) is 0 Å². The molecule has 1 aromatic rings. The van der Waals surface area contributed by atoms with Crippen molar-refractivity contribution in [2.24, 2.45) is 11.7 Å². The van der Waals surface area contributed by atoms with Gasteiger partial charge in [-0.05, 0) is 39.5 Å². The highest BCUT2D eigenvalue weighted by Crippen LogP contribution is 2.25. The van der Waals surface area contributed by atoms with Crippen LogP contribution in [-0.4, -0.2) is 21.5 Å². The highest BCUT2D eigenvalue weighted by molar-refractivity contribution is 5.76. The van der Waals surface area contributed by atoms with Gasteiger partial charge in [0.25, 0.3) is 5.56 Å². The lowest BCUT2D eigenvalue weighted by Gasteiger charge is -2.27. The molecule has 0 aromatic carbocycles. The van der Waals surface area contributed by atoms with Gasteiger partial charge in [-0.1, -0.05) is 0 Å². The number of hydrogen-bond donors (Lipinski definition) is 2. The maximum atomic E-state index is 12.2. The normalized spacial score (nSPS) is 22.8. The van der Waals surface area contributed by atoms with Crippen molar-refractivity contribution in [3.8, 4) is 0 Å². The lowest BCUT2D eigenvalue weighted by molar-refractivity contribution is -0.122. The zero-order valence-electron chi connectivity index (χ0n) is 12.0. The summed E-state index contributed by atoms with van der Waals surface area (Å²) < 4.78 is 1.66. The van der Waals surface area contributed by atoms with Crippen molar-refractivity contribution in [1.29, 1.82) is 0 Å². The standard InChI is InChI=1S/C14H22N4O2/c1-9(2)18-8-7-16-13(14(18)20)17-11-5-3-10(4-6-11)12(15)19/h7-11H,3-6H2,1-2H3,(H2,15,19)(H,16,17). The smallest absolute Gasteiger partial charge is 0.293 e. The Bertz CT molecular complexity index is 530. The van der Waals surface area contributed by atoms with E-state index in [9.17, 15) is 9.59 Å². The predicted octanol–water partition coefficient (Wildman–Crippen LogP) is 1.28. The molecule has 1 aliphatic carbocycles. The molecule has 6 nitrogen and oxygen atoms in total. The molecule has 1 amide bonds. The molecule has 0 bridgehead atoms. The van der Waals surface area contributed by atoms with Gasteiger partial charge in [-0.25, -0.2) is 4.98 Å². The van der Waals surface area contributed by atoms with Crippen LogP contribution in [0.1, 0.15) is 45.6 Å². The van der Waals surface area contributed by atoms with E-state index in [2.05, 4.69) is 10.3 Å². The van der Waals surface area contributed by atoms with Gasteiger partial charge in [0.2, 0.25) is 5.91 Å².